The first-order valence-corrected chi connectivity index (χ1v) is 11.0. The summed E-state index contributed by atoms with van der Waals surface area (Å²) in [6.45, 7) is 3.79. The highest BCUT2D eigenvalue weighted by molar-refractivity contribution is 5.66. The Morgan fingerprint density at radius 2 is 1.89 bits per heavy atom. The lowest BCUT2D eigenvalue weighted by Crippen LogP contribution is -2.33. The van der Waals surface area contributed by atoms with Gasteiger partial charge in [0.15, 0.2) is 5.82 Å². The maximum Gasteiger partial charge on any atom is 0.573 e. The lowest BCUT2D eigenvalue weighted by atomic mass is 10.1. The molecule has 3 aromatic rings. The van der Waals surface area contributed by atoms with Crippen molar-refractivity contribution in [2.24, 2.45) is 0 Å². The first kappa shape index (κ1) is 24.5. The fourth-order valence-corrected chi connectivity index (χ4v) is 3.85. The van der Waals surface area contributed by atoms with Crippen molar-refractivity contribution in [2.75, 3.05) is 13.1 Å². The SMILES string of the molecule is Cc1cc(OC(F)(F)F)ccc1COc1ccc(-c2ncc3c(n2)CCN(CCC(=O)O)C3)cc1. The van der Waals surface area contributed by atoms with E-state index in [0.717, 1.165) is 35.3 Å². The van der Waals surface area contributed by atoms with Crippen LogP contribution < -0.4 is 9.47 Å². The Hall–Kier alpha value is -3.66. The highest BCUT2D eigenvalue weighted by Crippen LogP contribution is 2.27. The van der Waals surface area contributed by atoms with E-state index in [1.807, 2.05) is 12.1 Å². The number of aromatic nitrogens is 2. The lowest BCUT2D eigenvalue weighted by Gasteiger charge is -2.27. The number of hydrogen-bond donors (Lipinski definition) is 1. The Morgan fingerprint density at radius 3 is 2.57 bits per heavy atom. The molecule has 1 aromatic heterocycles. The van der Waals surface area contributed by atoms with Crippen LogP contribution in [0.25, 0.3) is 11.4 Å². The molecule has 1 N–H and O–H groups in total. The summed E-state index contributed by atoms with van der Waals surface area (Å²) in [4.78, 5) is 22.1. The predicted molar refractivity (Wildman–Crippen MR) is 121 cm³/mol. The molecule has 0 fully saturated rings. The van der Waals surface area contributed by atoms with Crippen molar-refractivity contribution in [3.63, 3.8) is 0 Å². The molecule has 0 spiro atoms. The fourth-order valence-electron chi connectivity index (χ4n) is 3.85. The second kappa shape index (κ2) is 10.3. The van der Waals surface area contributed by atoms with Crippen LogP contribution in [0.5, 0.6) is 11.5 Å². The average Bonchev–Trinajstić information content (AvgIpc) is 2.81. The number of benzene rings is 2. The van der Waals surface area contributed by atoms with E-state index in [1.54, 1.807) is 31.3 Å². The van der Waals surface area contributed by atoms with Crippen LogP contribution in [0.2, 0.25) is 0 Å². The molecule has 0 bridgehead atoms. The van der Waals surface area contributed by atoms with E-state index >= 15 is 0 Å². The molecule has 0 saturated carbocycles. The minimum atomic E-state index is -4.73. The monoisotopic (exact) mass is 487 g/mol. The van der Waals surface area contributed by atoms with Crippen LogP contribution in [0.15, 0.2) is 48.7 Å². The molecule has 0 atom stereocenters. The largest absolute Gasteiger partial charge is 0.573 e. The third kappa shape index (κ3) is 6.69. The Morgan fingerprint density at radius 1 is 1.14 bits per heavy atom. The quantitative estimate of drug-likeness (QED) is 0.490. The van der Waals surface area contributed by atoms with Gasteiger partial charge in [-0.15, -0.1) is 13.2 Å². The van der Waals surface area contributed by atoms with Crippen molar-refractivity contribution >= 4 is 5.97 Å². The molecule has 184 valence electrons. The van der Waals surface area contributed by atoms with Crippen molar-refractivity contribution in [1.82, 2.24) is 14.9 Å². The van der Waals surface area contributed by atoms with Gasteiger partial charge in [-0.3, -0.25) is 9.69 Å². The number of carboxylic acids is 1. The summed E-state index contributed by atoms with van der Waals surface area (Å²) in [5, 5.41) is 8.87. The normalized spacial score (nSPS) is 13.8. The molecule has 0 radical (unpaired) electrons. The number of halogens is 3. The first-order chi connectivity index (χ1) is 16.7. The van der Waals surface area contributed by atoms with E-state index in [9.17, 15) is 18.0 Å². The van der Waals surface area contributed by atoms with Gasteiger partial charge < -0.3 is 14.6 Å². The number of ether oxygens (including phenoxy) is 2. The second-order valence-electron chi connectivity index (χ2n) is 8.28. The summed E-state index contributed by atoms with van der Waals surface area (Å²) in [6, 6.07) is 11.4. The van der Waals surface area contributed by atoms with Gasteiger partial charge in [0, 0.05) is 43.4 Å². The minimum absolute atomic E-state index is 0.111. The van der Waals surface area contributed by atoms with Gasteiger partial charge in [-0.25, -0.2) is 9.97 Å². The number of rotatable bonds is 8. The third-order valence-corrected chi connectivity index (χ3v) is 5.71. The van der Waals surface area contributed by atoms with E-state index in [1.165, 1.54) is 12.1 Å². The van der Waals surface area contributed by atoms with E-state index in [2.05, 4.69) is 14.6 Å². The van der Waals surface area contributed by atoms with Gasteiger partial charge in [-0.2, -0.15) is 0 Å². The lowest BCUT2D eigenvalue weighted by molar-refractivity contribution is -0.274. The Kier molecular flexibility index (Phi) is 7.20. The number of aliphatic carboxylic acids is 1. The number of hydrogen-bond acceptors (Lipinski definition) is 6. The minimum Gasteiger partial charge on any atom is -0.489 e. The Labute approximate surface area is 200 Å². The van der Waals surface area contributed by atoms with Gasteiger partial charge in [0.1, 0.15) is 18.1 Å². The first-order valence-electron chi connectivity index (χ1n) is 11.0. The topological polar surface area (TPSA) is 84.8 Å². The molecule has 10 heteroatoms. The molecule has 2 aromatic carbocycles. The molecular formula is C25H24F3N3O4. The Balaban J connectivity index is 1.36. The molecule has 2 heterocycles. The van der Waals surface area contributed by atoms with Crippen LogP contribution >= 0.6 is 0 Å². The molecule has 0 aliphatic carbocycles. The summed E-state index contributed by atoms with van der Waals surface area (Å²) < 4.78 is 46.9. The van der Waals surface area contributed by atoms with E-state index in [0.29, 0.717) is 30.2 Å². The molecule has 1 aliphatic rings. The summed E-state index contributed by atoms with van der Waals surface area (Å²) in [5.74, 6) is 0.140. The standard InChI is InChI=1S/C25H24F3N3O4/c1-16-12-21(35-25(26,27)28)7-4-18(16)15-34-20-5-2-17(3-6-20)24-29-13-19-14-31(11-9-23(32)33)10-8-22(19)30-24/h2-7,12-13H,8-11,14-15H2,1H3,(H,32,33). The highest BCUT2D eigenvalue weighted by Gasteiger charge is 2.31. The smallest absolute Gasteiger partial charge is 0.489 e. The van der Waals surface area contributed by atoms with Gasteiger partial charge in [-0.1, -0.05) is 6.07 Å². The highest BCUT2D eigenvalue weighted by atomic mass is 19.4. The number of alkyl halides is 3. The van der Waals surface area contributed by atoms with Crippen LogP contribution in [0, 0.1) is 6.92 Å². The second-order valence-corrected chi connectivity index (χ2v) is 8.28. The molecule has 4 rings (SSSR count). The molecular weight excluding hydrogens is 463 g/mol. The van der Waals surface area contributed by atoms with Crippen molar-refractivity contribution in [1.29, 1.82) is 0 Å². The molecule has 0 saturated heterocycles. The zero-order chi connectivity index (χ0) is 25.0. The number of carboxylic acid groups (broad SMARTS) is 1. The zero-order valence-electron chi connectivity index (χ0n) is 19.0. The van der Waals surface area contributed by atoms with Crippen molar-refractivity contribution in [3.8, 4) is 22.9 Å². The summed E-state index contributed by atoms with van der Waals surface area (Å²) >= 11 is 0. The maximum absolute atomic E-state index is 12.4. The summed E-state index contributed by atoms with van der Waals surface area (Å²) in [5.41, 5.74) is 4.19. The fraction of sp³-hybridized carbons (Fsp3) is 0.320. The zero-order valence-corrected chi connectivity index (χ0v) is 19.0. The third-order valence-electron chi connectivity index (χ3n) is 5.71. The molecule has 0 unspecified atom stereocenters. The van der Waals surface area contributed by atoms with Crippen LogP contribution in [0.1, 0.15) is 28.8 Å². The van der Waals surface area contributed by atoms with E-state index in [4.69, 9.17) is 14.8 Å². The van der Waals surface area contributed by atoms with E-state index < -0.39 is 12.3 Å². The van der Waals surface area contributed by atoms with Gasteiger partial charge in [-0.05, 0) is 54.4 Å². The number of aryl methyl sites for hydroxylation is 1. The van der Waals surface area contributed by atoms with Gasteiger partial charge in [0.2, 0.25) is 0 Å². The van der Waals surface area contributed by atoms with Crippen LogP contribution in [-0.2, 0) is 24.4 Å². The van der Waals surface area contributed by atoms with Gasteiger partial charge in [0.05, 0.1) is 12.1 Å². The summed E-state index contributed by atoms with van der Waals surface area (Å²) in [7, 11) is 0. The molecule has 7 nitrogen and oxygen atoms in total. The Bertz CT molecular complexity index is 1200. The maximum atomic E-state index is 12.4. The molecule has 0 amide bonds. The summed E-state index contributed by atoms with van der Waals surface area (Å²) in [6.07, 6.45) is -2.09. The van der Waals surface area contributed by atoms with Crippen molar-refractivity contribution in [3.05, 3.63) is 71.0 Å². The van der Waals surface area contributed by atoms with Crippen molar-refractivity contribution in [2.45, 2.75) is 39.3 Å². The van der Waals surface area contributed by atoms with Gasteiger partial charge >= 0.3 is 12.3 Å². The van der Waals surface area contributed by atoms with Gasteiger partial charge in [0.25, 0.3) is 0 Å². The number of fused-ring (bicyclic) bond motifs is 1. The molecule has 1 aliphatic heterocycles. The predicted octanol–water partition coefficient (Wildman–Crippen LogP) is 4.76. The van der Waals surface area contributed by atoms with Crippen LogP contribution in [0.3, 0.4) is 0 Å². The van der Waals surface area contributed by atoms with Crippen LogP contribution in [0.4, 0.5) is 13.2 Å². The van der Waals surface area contributed by atoms with Crippen molar-refractivity contribution < 1.29 is 32.5 Å². The number of nitrogens with zero attached hydrogens (tertiary/aromatic N) is 3. The average molecular weight is 487 g/mol. The molecule has 35 heavy (non-hydrogen) atoms. The number of carbonyl (C=O) groups is 1. The van der Waals surface area contributed by atoms with Crippen LogP contribution in [-0.4, -0.2) is 45.4 Å². The van der Waals surface area contributed by atoms with E-state index in [-0.39, 0.29) is 18.8 Å².